The molecule has 0 bridgehead atoms. The van der Waals surface area contributed by atoms with Gasteiger partial charge in [-0.1, -0.05) is 35.3 Å². The number of methoxy groups -OCH3 is 1. The molecule has 2 aromatic heterocycles. The summed E-state index contributed by atoms with van der Waals surface area (Å²) in [5, 5.41) is 0.738. The number of hydrogen-bond acceptors (Lipinski definition) is 4. The first-order chi connectivity index (χ1) is 13.5. The smallest absolute Gasteiger partial charge is 0.261 e. The SMILES string of the molecule is CCOc1cccc(/C=C2\CCc3c2nc2c(Cl)cc(Cl)cn2c3=O)c1OC. The Morgan fingerprint density at radius 2 is 2.11 bits per heavy atom. The molecular weight excluding hydrogens is 399 g/mol. The number of para-hydroxylation sites is 1. The number of hydrogen-bond donors (Lipinski definition) is 0. The number of benzene rings is 1. The van der Waals surface area contributed by atoms with Crippen molar-refractivity contribution in [1.29, 1.82) is 0 Å². The van der Waals surface area contributed by atoms with E-state index in [0.717, 1.165) is 11.1 Å². The van der Waals surface area contributed by atoms with Crippen LogP contribution in [0, 0.1) is 0 Å². The van der Waals surface area contributed by atoms with Crippen molar-refractivity contribution in [3.63, 3.8) is 0 Å². The third kappa shape index (κ3) is 3.15. The van der Waals surface area contributed by atoms with E-state index in [9.17, 15) is 4.79 Å². The van der Waals surface area contributed by atoms with Crippen LogP contribution in [-0.2, 0) is 6.42 Å². The van der Waals surface area contributed by atoms with Crippen LogP contribution in [0.25, 0.3) is 17.3 Å². The molecular formula is C21H18Cl2N2O3. The molecule has 3 aromatic rings. The first kappa shape index (κ1) is 18.8. The van der Waals surface area contributed by atoms with Gasteiger partial charge in [0.05, 0.1) is 29.5 Å². The topological polar surface area (TPSA) is 52.8 Å². The molecule has 28 heavy (non-hydrogen) atoms. The molecule has 0 atom stereocenters. The fourth-order valence-corrected chi connectivity index (χ4v) is 4.05. The van der Waals surface area contributed by atoms with Crippen LogP contribution in [-0.4, -0.2) is 23.1 Å². The maximum atomic E-state index is 12.9. The number of pyridine rings is 1. The molecule has 4 rings (SSSR count). The van der Waals surface area contributed by atoms with Gasteiger partial charge in [-0.05, 0) is 43.5 Å². The van der Waals surface area contributed by atoms with Crippen molar-refractivity contribution in [2.45, 2.75) is 19.8 Å². The summed E-state index contributed by atoms with van der Waals surface area (Å²) in [5.74, 6) is 1.34. The highest BCUT2D eigenvalue weighted by Gasteiger charge is 2.24. The van der Waals surface area contributed by atoms with Gasteiger partial charge in [-0.2, -0.15) is 0 Å². The molecule has 0 saturated heterocycles. The maximum absolute atomic E-state index is 12.9. The minimum absolute atomic E-state index is 0.136. The lowest BCUT2D eigenvalue weighted by atomic mass is 10.1. The highest BCUT2D eigenvalue weighted by Crippen LogP contribution is 2.37. The van der Waals surface area contributed by atoms with Crippen LogP contribution in [0.4, 0.5) is 0 Å². The number of halogens is 2. The van der Waals surface area contributed by atoms with Crippen molar-refractivity contribution >= 4 is 40.5 Å². The lowest BCUT2D eigenvalue weighted by Gasteiger charge is -2.12. The van der Waals surface area contributed by atoms with Crippen LogP contribution in [0.1, 0.15) is 30.2 Å². The Balaban J connectivity index is 1.89. The quantitative estimate of drug-likeness (QED) is 0.606. The van der Waals surface area contributed by atoms with Gasteiger partial charge in [0.2, 0.25) is 0 Å². The minimum atomic E-state index is -0.136. The summed E-state index contributed by atoms with van der Waals surface area (Å²) in [6.07, 6.45) is 4.88. The molecule has 1 aliphatic carbocycles. The van der Waals surface area contributed by atoms with E-state index in [0.29, 0.717) is 57.9 Å². The molecule has 0 amide bonds. The van der Waals surface area contributed by atoms with Gasteiger partial charge in [-0.3, -0.25) is 9.20 Å². The summed E-state index contributed by atoms with van der Waals surface area (Å²) in [4.78, 5) is 17.6. The van der Waals surface area contributed by atoms with Crippen molar-refractivity contribution in [1.82, 2.24) is 9.38 Å². The van der Waals surface area contributed by atoms with Crippen LogP contribution in [0.5, 0.6) is 11.5 Å². The number of aromatic nitrogens is 2. The molecule has 5 nitrogen and oxygen atoms in total. The average Bonchev–Trinajstić information content (AvgIpc) is 3.06. The second-order valence-corrected chi connectivity index (χ2v) is 7.27. The van der Waals surface area contributed by atoms with Crippen molar-refractivity contribution in [2.24, 2.45) is 0 Å². The Labute approximate surface area is 172 Å². The van der Waals surface area contributed by atoms with Crippen LogP contribution in [0.2, 0.25) is 10.0 Å². The molecule has 0 aliphatic heterocycles. The molecule has 7 heteroatoms. The van der Waals surface area contributed by atoms with E-state index in [1.165, 1.54) is 4.40 Å². The number of fused-ring (bicyclic) bond motifs is 2. The van der Waals surface area contributed by atoms with Gasteiger partial charge >= 0.3 is 0 Å². The van der Waals surface area contributed by atoms with Crippen molar-refractivity contribution in [3.8, 4) is 11.5 Å². The normalized spacial score (nSPS) is 14.5. The van der Waals surface area contributed by atoms with Crippen molar-refractivity contribution in [3.05, 3.63) is 67.7 Å². The molecule has 0 saturated carbocycles. The maximum Gasteiger partial charge on any atom is 0.261 e. The van der Waals surface area contributed by atoms with Crippen molar-refractivity contribution in [2.75, 3.05) is 13.7 Å². The third-order valence-corrected chi connectivity index (χ3v) is 5.22. The lowest BCUT2D eigenvalue weighted by Crippen LogP contribution is -2.20. The predicted octanol–water partition coefficient (Wildman–Crippen LogP) is 4.90. The zero-order chi connectivity index (χ0) is 19.8. The Kier molecular flexibility index (Phi) is 5.04. The highest BCUT2D eigenvalue weighted by molar-refractivity contribution is 6.36. The standard InChI is InChI=1S/C21H18Cl2N2O3/c1-3-28-17-6-4-5-13(19(17)27-2)9-12-7-8-15-18(12)24-20-16(23)10-14(22)11-25(20)21(15)26/h4-6,9-11H,3,7-8H2,1-2H3/b12-9+. The van der Waals surface area contributed by atoms with Gasteiger partial charge in [0, 0.05) is 17.3 Å². The number of allylic oxidation sites excluding steroid dienone is 1. The third-order valence-electron chi connectivity index (χ3n) is 4.73. The summed E-state index contributed by atoms with van der Waals surface area (Å²) in [6.45, 7) is 2.47. The molecule has 0 fully saturated rings. The summed E-state index contributed by atoms with van der Waals surface area (Å²) in [7, 11) is 1.62. The van der Waals surface area contributed by atoms with E-state index in [1.54, 1.807) is 19.4 Å². The van der Waals surface area contributed by atoms with E-state index in [-0.39, 0.29) is 5.56 Å². The molecule has 2 heterocycles. The second-order valence-electron chi connectivity index (χ2n) is 6.43. The predicted molar refractivity (Wildman–Crippen MR) is 112 cm³/mol. The fourth-order valence-electron chi connectivity index (χ4n) is 3.54. The van der Waals surface area contributed by atoms with Gasteiger partial charge in [-0.25, -0.2) is 4.98 Å². The Morgan fingerprint density at radius 1 is 1.29 bits per heavy atom. The summed E-state index contributed by atoms with van der Waals surface area (Å²) in [6, 6.07) is 7.32. The van der Waals surface area contributed by atoms with Crippen LogP contribution in [0.15, 0.2) is 35.3 Å². The Morgan fingerprint density at radius 3 is 2.86 bits per heavy atom. The van der Waals surface area contributed by atoms with E-state index in [2.05, 4.69) is 4.98 Å². The first-order valence-electron chi connectivity index (χ1n) is 8.94. The zero-order valence-corrected chi connectivity index (χ0v) is 17.0. The van der Waals surface area contributed by atoms with Crippen LogP contribution >= 0.6 is 23.2 Å². The van der Waals surface area contributed by atoms with E-state index < -0.39 is 0 Å². The lowest BCUT2D eigenvalue weighted by molar-refractivity contribution is 0.310. The van der Waals surface area contributed by atoms with E-state index in [1.807, 2.05) is 31.2 Å². The van der Waals surface area contributed by atoms with Gasteiger partial charge in [0.15, 0.2) is 17.1 Å². The largest absolute Gasteiger partial charge is 0.492 e. The highest BCUT2D eigenvalue weighted by atomic mass is 35.5. The van der Waals surface area contributed by atoms with E-state index in [4.69, 9.17) is 32.7 Å². The van der Waals surface area contributed by atoms with Gasteiger partial charge < -0.3 is 9.47 Å². The molecule has 1 aliphatic rings. The fraction of sp³-hybridized carbons (Fsp3) is 0.238. The summed E-state index contributed by atoms with van der Waals surface area (Å²) >= 11 is 12.3. The minimum Gasteiger partial charge on any atom is -0.492 e. The zero-order valence-electron chi connectivity index (χ0n) is 15.5. The summed E-state index contributed by atoms with van der Waals surface area (Å²) in [5.41, 5.74) is 3.45. The van der Waals surface area contributed by atoms with Gasteiger partial charge in [0.1, 0.15) is 0 Å². The monoisotopic (exact) mass is 416 g/mol. The molecule has 0 spiro atoms. The first-order valence-corrected chi connectivity index (χ1v) is 9.70. The molecule has 0 radical (unpaired) electrons. The van der Waals surface area contributed by atoms with Crippen LogP contribution < -0.4 is 15.0 Å². The number of rotatable bonds is 4. The summed E-state index contributed by atoms with van der Waals surface area (Å²) < 4.78 is 12.6. The molecule has 144 valence electrons. The molecule has 0 unspecified atom stereocenters. The van der Waals surface area contributed by atoms with Crippen LogP contribution in [0.3, 0.4) is 0 Å². The Hall–Kier alpha value is -2.50. The molecule has 0 N–H and O–H groups in total. The van der Waals surface area contributed by atoms with Gasteiger partial charge in [0.25, 0.3) is 5.56 Å². The van der Waals surface area contributed by atoms with Crippen molar-refractivity contribution < 1.29 is 9.47 Å². The van der Waals surface area contributed by atoms with Gasteiger partial charge in [-0.15, -0.1) is 0 Å². The number of ether oxygens (including phenoxy) is 2. The molecule has 1 aromatic carbocycles. The number of nitrogens with zero attached hydrogens (tertiary/aromatic N) is 2. The van der Waals surface area contributed by atoms with E-state index >= 15 is 0 Å². The second kappa shape index (κ2) is 7.49. The Bertz CT molecular complexity index is 1170. The average molecular weight is 417 g/mol.